The summed E-state index contributed by atoms with van der Waals surface area (Å²) in [6, 6.07) is 9.16. The van der Waals surface area contributed by atoms with Gasteiger partial charge in [-0.15, -0.1) is 0 Å². The van der Waals surface area contributed by atoms with E-state index in [1.54, 1.807) is 12.1 Å². The largest absolute Gasteiger partial charge is 0.379 e. The summed E-state index contributed by atoms with van der Waals surface area (Å²) in [5.74, 6) is 0.949. The van der Waals surface area contributed by atoms with Crippen molar-refractivity contribution >= 4 is 15.8 Å². The lowest BCUT2D eigenvalue weighted by atomic mass is 10.1. The summed E-state index contributed by atoms with van der Waals surface area (Å²) in [5.41, 5.74) is 3.18. The zero-order valence-corrected chi connectivity index (χ0v) is 14.1. The van der Waals surface area contributed by atoms with Crippen LogP contribution in [0.25, 0.3) is 11.1 Å². The van der Waals surface area contributed by atoms with E-state index in [2.05, 4.69) is 16.4 Å². The lowest BCUT2D eigenvalue weighted by Crippen LogP contribution is -2.40. The molecule has 1 fully saturated rings. The standard InChI is InChI=1S/C17H19N3O3S/c21-24(22,20-7-9-23-10-8-20)16-3-1-13(2-4-16)15-11-14-5-6-18-17(14)19-12-15/h1-4,11-12H,5-10H2,(H,18,19). The molecule has 1 aromatic heterocycles. The van der Waals surface area contributed by atoms with E-state index >= 15 is 0 Å². The first-order chi connectivity index (χ1) is 11.6. The molecule has 2 aliphatic rings. The maximum atomic E-state index is 12.6. The van der Waals surface area contributed by atoms with E-state index in [0.29, 0.717) is 31.2 Å². The van der Waals surface area contributed by atoms with Crippen LogP contribution in [0.3, 0.4) is 0 Å². The Labute approximate surface area is 141 Å². The lowest BCUT2D eigenvalue weighted by molar-refractivity contribution is 0.0730. The molecular weight excluding hydrogens is 326 g/mol. The molecule has 126 valence electrons. The first kappa shape index (κ1) is 15.6. The van der Waals surface area contributed by atoms with E-state index in [9.17, 15) is 8.42 Å². The summed E-state index contributed by atoms with van der Waals surface area (Å²) in [7, 11) is -3.44. The van der Waals surface area contributed by atoms with E-state index < -0.39 is 10.0 Å². The molecule has 1 saturated heterocycles. The molecule has 4 rings (SSSR count). The van der Waals surface area contributed by atoms with Crippen molar-refractivity contribution in [2.75, 3.05) is 38.2 Å². The number of pyridine rings is 1. The van der Waals surface area contributed by atoms with Crippen molar-refractivity contribution in [3.63, 3.8) is 0 Å². The number of ether oxygens (including phenoxy) is 1. The molecule has 1 N–H and O–H groups in total. The van der Waals surface area contributed by atoms with Crippen LogP contribution in [0.2, 0.25) is 0 Å². The van der Waals surface area contributed by atoms with Crippen LogP contribution in [-0.2, 0) is 21.2 Å². The van der Waals surface area contributed by atoms with Gasteiger partial charge in [-0.2, -0.15) is 4.31 Å². The molecule has 2 aliphatic heterocycles. The summed E-state index contributed by atoms with van der Waals surface area (Å²) >= 11 is 0. The van der Waals surface area contributed by atoms with Crippen LogP contribution in [0, 0.1) is 0 Å². The number of hydrogen-bond donors (Lipinski definition) is 1. The van der Waals surface area contributed by atoms with E-state index in [0.717, 1.165) is 29.9 Å². The number of nitrogens with zero attached hydrogens (tertiary/aromatic N) is 2. The van der Waals surface area contributed by atoms with Crippen molar-refractivity contribution in [3.05, 3.63) is 42.1 Å². The van der Waals surface area contributed by atoms with Crippen molar-refractivity contribution in [1.29, 1.82) is 0 Å². The van der Waals surface area contributed by atoms with Gasteiger partial charge in [0.15, 0.2) is 0 Å². The van der Waals surface area contributed by atoms with Crippen molar-refractivity contribution in [3.8, 4) is 11.1 Å². The number of anilines is 1. The van der Waals surface area contributed by atoms with Crippen LogP contribution < -0.4 is 5.32 Å². The second kappa shape index (κ2) is 6.16. The van der Waals surface area contributed by atoms with E-state index in [1.165, 1.54) is 9.87 Å². The fourth-order valence-electron chi connectivity index (χ4n) is 3.09. The lowest BCUT2D eigenvalue weighted by Gasteiger charge is -2.26. The number of sulfonamides is 1. The molecule has 0 spiro atoms. The van der Waals surface area contributed by atoms with Gasteiger partial charge < -0.3 is 10.1 Å². The third kappa shape index (κ3) is 2.79. The smallest absolute Gasteiger partial charge is 0.243 e. The molecule has 0 unspecified atom stereocenters. The van der Waals surface area contributed by atoms with Crippen molar-refractivity contribution < 1.29 is 13.2 Å². The molecule has 1 aromatic carbocycles. The highest BCUT2D eigenvalue weighted by Crippen LogP contribution is 2.27. The van der Waals surface area contributed by atoms with Gasteiger partial charge in [0, 0.05) is 31.4 Å². The Bertz CT molecular complexity index is 844. The molecule has 3 heterocycles. The molecule has 7 heteroatoms. The summed E-state index contributed by atoms with van der Waals surface area (Å²) in [6.45, 7) is 2.64. The second-order valence-electron chi connectivity index (χ2n) is 5.95. The fourth-order valence-corrected chi connectivity index (χ4v) is 4.50. The number of fused-ring (bicyclic) bond motifs is 1. The summed E-state index contributed by atoms with van der Waals surface area (Å²) in [5, 5.41) is 3.24. The number of rotatable bonds is 3. The molecule has 0 amide bonds. The third-order valence-electron chi connectivity index (χ3n) is 4.45. The first-order valence-corrected chi connectivity index (χ1v) is 9.50. The Morgan fingerprint density at radius 1 is 1.08 bits per heavy atom. The van der Waals surface area contributed by atoms with Gasteiger partial charge in [-0.05, 0) is 35.7 Å². The molecule has 2 aromatic rings. The van der Waals surface area contributed by atoms with E-state index in [1.807, 2.05) is 18.3 Å². The molecule has 0 radical (unpaired) electrons. The van der Waals surface area contributed by atoms with Gasteiger partial charge in [-0.1, -0.05) is 12.1 Å². The predicted octanol–water partition coefficient (Wildman–Crippen LogP) is 1.74. The molecular formula is C17H19N3O3S. The number of hydrogen-bond acceptors (Lipinski definition) is 5. The van der Waals surface area contributed by atoms with Gasteiger partial charge in [-0.3, -0.25) is 0 Å². The van der Waals surface area contributed by atoms with Gasteiger partial charge in [0.25, 0.3) is 0 Å². The maximum absolute atomic E-state index is 12.6. The summed E-state index contributed by atoms with van der Waals surface area (Å²) in [6.07, 6.45) is 2.79. The van der Waals surface area contributed by atoms with Crippen LogP contribution in [0.5, 0.6) is 0 Å². The zero-order valence-electron chi connectivity index (χ0n) is 13.2. The average Bonchev–Trinajstić information content (AvgIpc) is 3.10. The molecule has 0 bridgehead atoms. The van der Waals surface area contributed by atoms with Crippen LogP contribution in [0.15, 0.2) is 41.4 Å². The van der Waals surface area contributed by atoms with Gasteiger partial charge in [0.1, 0.15) is 5.82 Å². The fraction of sp³-hybridized carbons (Fsp3) is 0.353. The van der Waals surface area contributed by atoms with Crippen LogP contribution in [0.1, 0.15) is 5.56 Å². The Morgan fingerprint density at radius 2 is 1.83 bits per heavy atom. The van der Waals surface area contributed by atoms with Crippen LogP contribution >= 0.6 is 0 Å². The van der Waals surface area contributed by atoms with Crippen LogP contribution in [0.4, 0.5) is 5.82 Å². The number of nitrogens with one attached hydrogen (secondary N) is 1. The summed E-state index contributed by atoms with van der Waals surface area (Å²) < 4.78 is 32.0. The first-order valence-electron chi connectivity index (χ1n) is 8.06. The van der Waals surface area contributed by atoms with Gasteiger partial charge >= 0.3 is 0 Å². The summed E-state index contributed by atoms with van der Waals surface area (Å²) in [4.78, 5) is 4.75. The minimum Gasteiger partial charge on any atom is -0.379 e. The zero-order chi connectivity index (χ0) is 16.6. The highest BCUT2D eigenvalue weighted by Gasteiger charge is 2.26. The number of morpholine rings is 1. The van der Waals surface area contributed by atoms with Crippen molar-refractivity contribution in [2.24, 2.45) is 0 Å². The maximum Gasteiger partial charge on any atom is 0.243 e. The Balaban J connectivity index is 1.60. The average molecular weight is 345 g/mol. The highest BCUT2D eigenvalue weighted by molar-refractivity contribution is 7.89. The van der Waals surface area contributed by atoms with E-state index in [4.69, 9.17) is 4.74 Å². The van der Waals surface area contributed by atoms with Gasteiger partial charge in [0.2, 0.25) is 10.0 Å². The molecule has 6 nitrogen and oxygen atoms in total. The minimum absolute atomic E-state index is 0.323. The Morgan fingerprint density at radius 3 is 2.58 bits per heavy atom. The Hall–Kier alpha value is -1.96. The normalized spacial score (nSPS) is 18.2. The molecule has 0 saturated carbocycles. The van der Waals surface area contributed by atoms with Crippen LogP contribution in [-0.4, -0.2) is 50.6 Å². The third-order valence-corrected chi connectivity index (χ3v) is 6.36. The highest BCUT2D eigenvalue weighted by atomic mass is 32.2. The molecule has 0 atom stereocenters. The molecule has 0 aliphatic carbocycles. The molecule has 24 heavy (non-hydrogen) atoms. The topological polar surface area (TPSA) is 71.5 Å². The predicted molar refractivity (Wildman–Crippen MR) is 91.4 cm³/mol. The SMILES string of the molecule is O=S(=O)(c1ccc(-c2cnc3c(c2)CCN3)cc1)N1CCOCC1. The number of aromatic nitrogens is 1. The van der Waals surface area contributed by atoms with Crippen molar-refractivity contribution in [2.45, 2.75) is 11.3 Å². The van der Waals surface area contributed by atoms with E-state index in [-0.39, 0.29) is 0 Å². The monoisotopic (exact) mass is 345 g/mol. The van der Waals surface area contributed by atoms with Crippen molar-refractivity contribution in [1.82, 2.24) is 9.29 Å². The quantitative estimate of drug-likeness (QED) is 0.917. The van der Waals surface area contributed by atoms with Gasteiger partial charge in [0.05, 0.1) is 18.1 Å². The second-order valence-corrected chi connectivity index (χ2v) is 7.89. The number of benzene rings is 1. The van der Waals surface area contributed by atoms with Gasteiger partial charge in [-0.25, -0.2) is 13.4 Å². The Kier molecular flexibility index (Phi) is 3.99. The minimum atomic E-state index is -3.44.